The van der Waals surface area contributed by atoms with Crippen molar-refractivity contribution in [1.29, 1.82) is 0 Å². The third-order valence-electron chi connectivity index (χ3n) is 4.04. The van der Waals surface area contributed by atoms with Crippen molar-refractivity contribution >= 4 is 23.7 Å². The molecule has 0 saturated heterocycles. The van der Waals surface area contributed by atoms with Crippen LogP contribution >= 0.6 is 11.6 Å². The van der Waals surface area contributed by atoms with E-state index in [9.17, 15) is 9.59 Å². The van der Waals surface area contributed by atoms with Crippen LogP contribution in [0.4, 0.5) is 0 Å². The molecular weight excluding hydrogens is 420 g/mol. The summed E-state index contributed by atoms with van der Waals surface area (Å²) in [4.78, 5) is 29.6. The zero-order chi connectivity index (χ0) is 22.2. The van der Waals surface area contributed by atoms with E-state index in [2.05, 4.69) is 20.5 Å². The highest BCUT2D eigenvalue weighted by Crippen LogP contribution is 2.29. The highest BCUT2D eigenvalue weighted by atomic mass is 35.5. The minimum Gasteiger partial charge on any atom is -0.490 e. The number of aromatic nitrogens is 2. The first kappa shape index (κ1) is 22.0. The van der Waals surface area contributed by atoms with Crippen molar-refractivity contribution in [3.8, 4) is 11.5 Å². The van der Waals surface area contributed by atoms with E-state index in [1.165, 1.54) is 12.3 Å². The Labute approximate surface area is 183 Å². The Kier molecular flexibility index (Phi) is 7.40. The Morgan fingerprint density at radius 1 is 1.19 bits per heavy atom. The number of hydrogen-bond donors (Lipinski definition) is 2. The van der Waals surface area contributed by atoms with Gasteiger partial charge in [0.15, 0.2) is 11.5 Å². The van der Waals surface area contributed by atoms with Gasteiger partial charge in [-0.2, -0.15) is 10.1 Å². The second-order valence-corrected chi connectivity index (χ2v) is 6.95. The van der Waals surface area contributed by atoms with Crippen molar-refractivity contribution in [2.24, 2.45) is 5.10 Å². The summed E-state index contributed by atoms with van der Waals surface area (Å²) in [6.45, 7) is 4.33. The standard InChI is InChI=1S/C22H21ClN4O4/c1-3-30-20-11-15(7-8-19(20)31-13-16-5-4-6-17(23)10-16)12-24-27-21(28)18-9-14(2)25-22(29)26-18/h4-12H,3,13H2,1-2H3,(H,27,28)(H,25,26,29)/b24-12+. The molecule has 0 aliphatic rings. The number of halogens is 1. The number of benzene rings is 2. The molecule has 2 aromatic carbocycles. The molecule has 0 atom stereocenters. The molecule has 0 aliphatic carbocycles. The van der Waals surface area contributed by atoms with Gasteiger partial charge < -0.3 is 14.5 Å². The van der Waals surface area contributed by atoms with Crippen LogP contribution in [0.3, 0.4) is 0 Å². The zero-order valence-corrected chi connectivity index (χ0v) is 17.8. The predicted octanol–water partition coefficient (Wildman–Crippen LogP) is 3.47. The first-order chi connectivity index (χ1) is 14.9. The Morgan fingerprint density at radius 3 is 2.77 bits per heavy atom. The van der Waals surface area contributed by atoms with Gasteiger partial charge in [-0.1, -0.05) is 23.7 Å². The quantitative estimate of drug-likeness (QED) is 0.412. The molecule has 3 aromatic rings. The van der Waals surface area contributed by atoms with Gasteiger partial charge >= 0.3 is 5.69 Å². The number of H-pyrrole nitrogens is 1. The first-order valence-corrected chi connectivity index (χ1v) is 9.88. The monoisotopic (exact) mass is 440 g/mol. The van der Waals surface area contributed by atoms with Gasteiger partial charge in [-0.15, -0.1) is 0 Å². The van der Waals surface area contributed by atoms with E-state index in [0.29, 0.717) is 41.0 Å². The molecule has 0 spiro atoms. The van der Waals surface area contributed by atoms with Gasteiger partial charge in [0.25, 0.3) is 5.91 Å². The molecule has 1 aromatic heterocycles. The number of amides is 1. The third-order valence-corrected chi connectivity index (χ3v) is 4.28. The van der Waals surface area contributed by atoms with Gasteiger partial charge in [-0.3, -0.25) is 4.79 Å². The number of carbonyl (C=O) groups is 1. The van der Waals surface area contributed by atoms with Crippen LogP contribution in [0.25, 0.3) is 0 Å². The molecule has 0 aliphatic heterocycles. The number of aryl methyl sites for hydroxylation is 1. The van der Waals surface area contributed by atoms with Gasteiger partial charge in [-0.25, -0.2) is 10.2 Å². The number of hydrogen-bond acceptors (Lipinski definition) is 6. The Bertz CT molecular complexity index is 1160. The lowest BCUT2D eigenvalue weighted by molar-refractivity contribution is 0.0949. The molecular formula is C22H21ClN4O4. The Morgan fingerprint density at radius 2 is 2.03 bits per heavy atom. The molecule has 31 heavy (non-hydrogen) atoms. The van der Waals surface area contributed by atoms with E-state index in [4.69, 9.17) is 21.1 Å². The van der Waals surface area contributed by atoms with Crippen LogP contribution in [0, 0.1) is 6.92 Å². The van der Waals surface area contributed by atoms with E-state index in [-0.39, 0.29) is 5.69 Å². The summed E-state index contributed by atoms with van der Waals surface area (Å²) < 4.78 is 11.5. The minimum atomic E-state index is -0.594. The maximum absolute atomic E-state index is 12.1. The molecule has 0 radical (unpaired) electrons. The van der Waals surface area contributed by atoms with Crippen LogP contribution in [0.2, 0.25) is 5.02 Å². The van der Waals surface area contributed by atoms with Crippen molar-refractivity contribution in [1.82, 2.24) is 15.4 Å². The molecule has 1 heterocycles. The molecule has 2 N–H and O–H groups in total. The summed E-state index contributed by atoms with van der Waals surface area (Å²) in [5.74, 6) is 0.537. The van der Waals surface area contributed by atoms with Gasteiger partial charge in [0.05, 0.1) is 12.8 Å². The summed E-state index contributed by atoms with van der Waals surface area (Å²) >= 11 is 6.01. The van der Waals surface area contributed by atoms with Crippen LogP contribution < -0.4 is 20.6 Å². The fraction of sp³-hybridized carbons (Fsp3) is 0.182. The summed E-state index contributed by atoms with van der Waals surface area (Å²) in [7, 11) is 0. The molecule has 3 rings (SSSR count). The van der Waals surface area contributed by atoms with E-state index in [1.54, 1.807) is 31.2 Å². The van der Waals surface area contributed by atoms with Crippen molar-refractivity contribution in [2.45, 2.75) is 20.5 Å². The normalized spacial score (nSPS) is 10.8. The van der Waals surface area contributed by atoms with Crippen molar-refractivity contribution in [3.05, 3.63) is 86.6 Å². The van der Waals surface area contributed by atoms with E-state index in [0.717, 1.165) is 5.56 Å². The smallest absolute Gasteiger partial charge is 0.345 e. The van der Waals surface area contributed by atoms with Crippen molar-refractivity contribution in [2.75, 3.05) is 6.61 Å². The summed E-state index contributed by atoms with van der Waals surface area (Å²) in [6.07, 6.45) is 1.46. The average Bonchev–Trinajstić information content (AvgIpc) is 2.72. The van der Waals surface area contributed by atoms with Crippen LogP contribution in [-0.4, -0.2) is 28.7 Å². The predicted molar refractivity (Wildman–Crippen MR) is 118 cm³/mol. The lowest BCUT2D eigenvalue weighted by Gasteiger charge is -2.12. The molecule has 0 saturated carbocycles. The molecule has 0 unspecified atom stereocenters. The van der Waals surface area contributed by atoms with Gasteiger partial charge in [0, 0.05) is 10.7 Å². The SMILES string of the molecule is CCOc1cc(/C=N/NC(=O)c2cc(C)[nH]c(=O)n2)ccc1OCc1cccc(Cl)c1. The molecule has 9 heteroatoms. The lowest BCUT2D eigenvalue weighted by atomic mass is 10.2. The summed E-state index contributed by atoms with van der Waals surface area (Å²) in [6, 6.07) is 14.2. The van der Waals surface area contributed by atoms with Crippen molar-refractivity contribution < 1.29 is 14.3 Å². The van der Waals surface area contributed by atoms with E-state index >= 15 is 0 Å². The van der Waals surface area contributed by atoms with Crippen LogP contribution in [-0.2, 0) is 6.61 Å². The fourth-order valence-electron chi connectivity index (χ4n) is 2.70. The van der Waals surface area contributed by atoms with E-state index < -0.39 is 11.6 Å². The second-order valence-electron chi connectivity index (χ2n) is 6.51. The number of carbonyl (C=O) groups excluding carboxylic acids is 1. The molecule has 160 valence electrons. The first-order valence-electron chi connectivity index (χ1n) is 9.50. The lowest BCUT2D eigenvalue weighted by Crippen LogP contribution is -2.24. The fourth-order valence-corrected chi connectivity index (χ4v) is 2.91. The number of ether oxygens (including phenoxy) is 2. The topological polar surface area (TPSA) is 106 Å². The average molecular weight is 441 g/mol. The molecule has 1 amide bonds. The van der Waals surface area contributed by atoms with Crippen LogP contribution in [0.1, 0.15) is 34.2 Å². The number of rotatable bonds is 8. The third kappa shape index (κ3) is 6.42. The number of nitrogens with one attached hydrogen (secondary N) is 2. The van der Waals surface area contributed by atoms with Gasteiger partial charge in [-0.05, 0) is 61.4 Å². The largest absolute Gasteiger partial charge is 0.490 e. The maximum atomic E-state index is 12.1. The summed E-state index contributed by atoms with van der Waals surface area (Å²) in [5.41, 5.74) is 3.90. The molecule has 0 bridgehead atoms. The minimum absolute atomic E-state index is 0.0156. The second kappa shape index (κ2) is 10.4. The number of nitrogens with zero attached hydrogens (tertiary/aromatic N) is 2. The summed E-state index contributed by atoms with van der Waals surface area (Å²) in [5, 5.41) is 4.57. The highest BCUT2D eigenvalue weighted by Gasteiger charge is 2.09. The number of aromatic amines is 1. The Balaban J connectivity index is 1.68. The molecule has 0 fully saturated rings. The van der Waals surface area contributed by atoms with Crippen LogP contribution in [0.5, 0.6) is 11.5 Å². The van der Waals surface area contributed by atoms with Gasteiger partial charge in [0.1, 0.15) is 12.3 Å². The van der Waals surface area contributed by atoms with Gasteiger partial charge in [0.2, 0.25) is 0 Å². The van der Waals surface area contributed by atoms with E-state index in [1.807, 2.05) is 25.1 Å². The van der Waals surface area contributed by atoms with Crippen molar-refractivity contribution in [3.63, 3.8) is 0 Å². The zero-order valence-electron chi connectivity index (χ0n) is 17.0. The van der Waals surface area contributed by atoms with Crippen LogP contribution in [0.15, 0.2) is 58.4 Å². The maximum Gasteiger partial charge on any atom is 0.345 e. The molecule has 8 nitrogen and oxygen atoms in total. The Hall–Kier alpha value is -3.65. The highest BCUT2D eigenvalue weighted by molar-refractivity contribution is 6.30. The number of hydrazone groups is 1.